The zero-order valence-corrected chi connectivity index (χ0v) is 16.4. The van der Waals surface area contributed by atoms with Crippen molar-refractivity contribution in [2.75, 3.05) is 19.0 Å². The third-order valence-corrected chi connectivity index (χ3v) is 4.82. The second kappa shape index (κ2) is 9.48. The Morgan fingerprint density at radius 1 is 1.14 bits per heavy atom. The van der Waals surface area contributed by atoms with E-state index in [9.17, 15) is 9.59 Å². The number of methoxy groups -OCH3 is 1. The highest BCUT2D eigenvalue weighted by atomic mass is 32.1. The minimum atomic E-state index is -0.536. The predicted octanol–water partition coefficient (Wildman–Crippen LogP) is 3.41. The fourth-order valence-corrected chi connectivity index (χ4v) is 3.25. The summed E-state index contributed by atoms with van der Waals surface area (Å²) >= 11 is 1.43. The van der Waals surface area contributed by atoms with Crippen LogP contribution in [0.1, 0.15) is 11.3 Å². The number of benzene rings is 2. The van der Waals surface area contributed by atoms with Gasteiger partial charge in [0.1, 0.15) is 10.8 Å². The normalized spacial score (nSPS) is 10.1. The number of thiazole rings is 1. The van der Waals surface area contributed by atoms with E-state index in [0.717, 1.165) is 16.3 Å². The molecule has 1 amide bonds. The Hall–Kier alpha value is -3.70. The molecule has 0 bridgehead atoms. The number of nitrogens with zero attached hydrogens (tertiary/aromatic N) is 2. The van der Waals surface area contributed by atoms with Crippen molar-refractivity contribution in [1.82, 2.24) is 4.98 Å². The maximum absolute atomic E-state index is 12.0. The molecule has 0 atom stereocenters. The molecule has 146 valence electrons. The molecule has 3 rings (SSSR count). The van der Waals surface area contributed by atoms with Crippen molar-refractivity contribution in [2.24, 2.45) is 0 Å². The molecule has 1 N–H and O–H groups in total. The summed E-state index contributed by atoms with van der Waals surface area (Å²) in [7, 11) is 1.60. The van der Waals surface area contributed by atoms with E-state index < -0.39 is 18.5 Å². The van der Waals surface area contributed by atoms with Gasteiger partial charge in [0, 0.05) is 16.6 Å². The molecule has 0 saturated carbocycles. The Morgan fingerprint density at radius 3 is 2.52 bits per heavy atom. The maximum atomic E-state index is 12.0. The summed E-state index contributed by atoms with van der Waals surface area (Å²) in [6.07, 6.45) is -0.0171. The second-order valence-electron chi connectivity index (χ2n) is 5.95. The zero-order valence-electron chi connectivity index (χ0n) is 15.5. The van der Waals surface area contributed by atoms with Crippen molar-refractivity contribution in [3.05, 3.63) is 65.2 Å². The van der Waals surface area contributed by atoms with Gasteiger partial charge in [-0.1, -0.05) is 0 Å². The average molecular weight is 407 g/mol. The van der Waals surface area contributed by atoms with Gasteiger partial charge in [-0.3, -0.25) is 9.59 Å². The molecule has 1 heterocycles. The molecule has 29 heavy (non-hydrogen) atoms. The van der Waals surface area contributed by atoms with Gasteiger partial charge in [-0.25, -0.2) is 4.98 Å². The second-order valence-corrected chi connectivity index (χ2v) is 6.81. The molecule has 8 heteroatoms. The van der Waals surface area contributed by atoms with Crippen LogP contribution < -0.4 is 10.1 Å². The first-order valence-electron chi connectivity index (χ1n) is 8.62. The number of nitrogens with one attached hydrogen (secondary N) is 1. The molecule has 0 aliphatic carbocycles. The Balaban J connectivity index is 1.48. The number of carbonyl (C=O) groups excluding carboxylic acids is 2. The number of hydrogen-bond acceptors (Lipinski definition) is 7. The smallest absolute Gasteiger partial charge is 0.312 e. The number of nitriles is 1. The van der Waals surface area contributed by atoms with Gasteiger partial charge in [0.25, 0.3) is 5.91 Å². The highest BCUT2D eigenvalue weighted by Crippen LogP contribution is 2.25. The van der Waals surface area contributed by atoms with Crippen LogP contribution >= 0.6 is 11.3 Å². The zero-order chi connectivity index (χ0) is 20.6. The van der Waals surface area contributed by atoms with E-state index in [-0.39, 0.29) is 6.42 Å². The predicted molar refractivity (Wildman–Crippen MR) is 109 cm³/mol. The van der Waals surface area contributed by atoms with E-state index >= 15 is 0 Å². The molecule has 0 saturated heterocycles. The van der Waals surface area contributed by atoms with Crippen LogP contribution in [0.4, 0.5) is 5.69 Å². The minimum absolute atomic E-state index is 0.0171. The number of anilines is 1. The number of aromatic nitrogens is 1. The largest absolute Gasteiger partial charge is 0.497 e. The van der Waals surface area contributed by atoms with Crippen LogP contribution in [0.2, 0.25) is 0 Å². The van der Waals surface area contributed by atoms with Crippen LogP contribution in [0, 0.1) is 11.3 Å². The number of ether oxygens (including phenoxy) is 2. The number of carbonyl (C=O) groups is 2. The van der Waals surface area contributed by atoms with Crippen molar-refractivity contribution in [3.63, 3.8) is 0 Å². The molecular formula is C21H17N3O4S. The van der Waals surface area contributed by atoms with Gasteiger partial charge < -0.3 is 14.8 Å². The van der Waals surface area contributed by atoms with E-state index in [1.54, 1.807) is 36.8 Å². The van der Waals surface area contributed by atoms with Crippen LogP contribution in [0.25, 0.3) is 10.6 Å². The van der Waals surface area contributed by atoms with Gasteiger partial charge in [-0.15, -0.1) is 11.3 Å². The highest BCUT2D eigenvalue weighted by Gasteiger charge is 2.12. The Morgan fingerprint density at radius 2 is 1.86 bits per heavy atom. The molecule has 0 aliphatic rings. The van der Waals surface area contributed by atoms with Crippen molar-refractivity contribution in [1.29, 1.82) is 5.26 Å². The molecule has 0 unspecified atom stereocenters. The lowest BCUT2D eigenvalue weighted by molar-refractivity contribution is -0.146. The number of amides is 1. The van der Waals surface area contributed by atoms with Crippen LogP contribution in [-0.4, -0.2) is 30.6 Å². The third-order valence-electron chi connectivity index (χ3n) is 3.88. The van der Waals surface area contributed by atoms with Crippen molar-refractivity contribution >= 4 is 28.9 Å². The first-order chi connectivity index (χ1) is 14.1. The molecule has 1 aromatic heterocycles. The van der Waals surface area contributed by atoms with Crippen LogP contribution in [-0.2, 0) is 20.7 Å². The number of esters is 1. The standard InChI is InChI=1S/C21H17N3O4S/c1-27-18-8-4-15(5-9-18)21-24-17(13-29-21)10-20(26)28-12-19(25)23-16-6-2-14(11-22)3-7-16/h2-9,13H,10,12H2,1H3,(H,23,25). The SMILES string of the molecule is COc1ccc(-c2nc(CC(=O)OCC(=O)Nc3ccc(C#N)cc3)cs2)cc1. The van der Waals surface area contributed by atoms with Crippen molar-refractivity contribution in [3.8, 4) is 22.4 Å². The molecule has 0 fully saturated rings. The van der Waals surface area contributed by atoms with Gasteiger partial charge >= 0.3 is 5.97 Å². The lowest BCUT2D eigenvalue weighted by Gasteiger charge is -2.06. The van der Waals surface area contributed by atoms with Crippen LogP contribution in [0.5, 0.6) is 5.75 Å². The maximum Gasteiger partial charge on any atom is 0.312 e. The molecule has 3 aromatic rings. The summed E-state index contributed by atoms with van der Waals surface area (Å²) in [6.45, 7) is -0.395. The van der Waals surface area contributed by atoms with Gasteiger partial charge in [-0.05, 0) is 48.5 Å². The molecule has 0 spiro atoms. The summed E-state index contributed by atoms with van der Waals surface area (Å²) in [5.74, 6) is -0.236. The van der Waals surface area contributed by atoms with Gasteiger partial charge in [-0.2, -0.15) is 5.26 Å². The molecule has 2 aromatic carbocycles. The first kappa shape index (κ1) is 20.0. The molecule has 7 nitrogen and oxygen atoms in total. The lowest BCUT2D eigenvalue weighted by Crippen LogP contribution is -2.21. The molecule has 0 aliphatic heterocycles. The minimum Gasteiger partial charge on any atom is -0.497 e. The van der Waals surface area contributed by atoms with E-state index in [0.29, 0.717) is 16.9 Å². The summed E-state index contributed by atoms with van der Waals surface area (Å²) in [5.41, 5.74) is 2.52. The molecule has 0 radical (unpaired) electrons. The van der Waals surface area contributed by atoms with E-state index in [1.807, 2.05) is 30.3 Å². The topological polar surface area (TPSA) is 101 Å². The third kappa shape index (κ3) is 5.64. The summed E-state index contributed by atoms with van der Waals surface area (Å²) in [5, 5.41) is 13.9. The summed E-state index contributed by atoms with van der Waals surface area (Å²) < 4.78 is 10.1. The van der Waals surface area contributed by atoms with Gasteiger partial charge in [0.15, 0.2) is 6.61 Å². The molecular weight excluding hydrogens is 390 g/mol. The number of hydrogen-bond donors (Lipinski definition) is 1. The highest BCUT2D eigenvalue weighted by molar-refractivity contribution is 7.13. The Kier molecular flexibility index (Phi) is 6.55. The summed E-state index contributed by atoms with van der Waals surface area (Å²) in [4.78, 5) is 28.3. The summed E-state index contributed by atoms with van der Waals surface area (Å²) in [6, 6.07) is 15.9. The lowest BCUT2D eigenvalue weighted by atomic mass is 10.2. The van der Waals surface area contributed by atoms with Crippen molar-refractivity contribution < 1.29 is 19.1 Å². The Labute approximate surface area is 171 Å². The number of rotatable bonds is 7. The van der Waals surface area contributed by atoms with Gasteiger partial charge in [0.05, 0.1) is 30.9 Å². The van der Waals surface area contributed by atoms with Crippen molar-refractivity contribution in [2.45, 2.75) is 6.42 Å². The van der Waals surface area contributed by atoms with E-state index in [1.165, 1.54) is 11.3 Å². The van der Waals surface area contributed by atoms with E-state index in [2.05, 4.69) is 10.3 Å². The fraction of sp³-hybridized carbons (Fsp3) is 0.143. The monoisotopic (exact) mass is 407 g/mol. The van der Waals surface area contributed by atoms with Crippen LogP contribution in [0.15, 0.2) is 53.9 Å². The first-order valence-corrected chi connectivity index (χ1v) is 9.50. The average Bonchev–Trinajstić information content (AvgIpc) is 3.21. The Bertz CT molecular complexity index is 1040. The fourth-order valence-electron chi connectivity index (χ4n) is 2.42. The van der Waals surface area contributed by atoms with E-state index in [4.69, 9.17) is 14.7 Å². The quantitative estimate of drug-likeness (QED) is 0.602. The van der Waals surface area contributed by atoms with Gasteiger partial charge in [0.2, 0.25) is 0 Å². The van der Waals surface area contributed by atoms with Crippen LogP contribution in [0.3, 0.4) is 0 Å².